The minimum atomic E-state index is 0.648. The molecule has 0 radical (unpaired) electrons. The smallest absolute Gasteiger partial charge is 0.0700 e. The van der Waals surface area contributed by atoms with E-state index in [4.69, 9.17) is 9.47 Å². The van der Waals surface area contributed by atoms with E-state index in [1.54, 1.807) is 7.11 Å². The lowest BCUT2D eigenvalue weighted by Gasteiger charge is -2.43. The van der Waals surface area contributed by atoms with Crippen molar-refractivity contribution in [2.24, 2.45) is 11.8 Å². The molecule has 0 aromatic heterocycles. The van der Waals surface area contributed by atoms with Gasteiger partial charge >= 0.3 is 0 Å². The molecule has 126 valence electrons. The predicted molar refractivity (Wildman–Crippen MR) is 88.8 cm³/mol. The standard InChI is InChI=1S/C17H36N2O2/c1-14(2)11-16-13-19(17(12-18-16)15(3)4)7-6-8-21-10-9-20-5/h14-18H,6-13H2,1-5H3. The van der Waals surface area contributed by atoms with Crippen LogP contribution in [0.15, 0.2) is 0 Å². The van der Waals surface area contributed by atoms with Crippen LogP contribution in [0.5, 0.6) is 0 Å². The van der Waals surface area contributed by atoms with Gasteiger partial charge < -0.3 is 14.8 Å². The average molecular weight is 300 g/mol. The summed E-state index contributed by atoms with van der Waals surface area (Å²) in [4.78, 5) is 2.67. The second kappa shape index (κ2) is 10.5. The molecule has 0 aliphatic carbocycles. The predicted octanol–water partition coefficient (Wildman–Crippen LogP) is 2.38. The fraction of sp³-hybridized carbons (Fsp3) is 1.00. The Labute approximate surface area is 131 Å². The van der Waals surface area contributed by atoms with Gasteiger partial charge in [-0.25, -0.2) is 0 Å². The number of nitrogens with zero attached hydrogens (tertiary/aromatic N) is 1. The zero-order valence-electron chi connectivity index (χ0n) is 14.7. The summed E-state index contributed by atoms with van der Waals surface area (Å²) in [5.41, 5.74) is 0. The molecule has 0 aromatic rings. The van der Waals surface area contributed by atoms with Crippen LogP contribution >= 0.6 is 0 Å². The summed E-state index contributed by atoms with van der Waals surface area (Å²) >= 11 is 0. The minimum Gasteiger partial charge on any atom is -0.382 e. The van der Waals surface area contributed by atoms with Crippen molar-refractivity contribution in [1.29, 1.82) is 0 Å². The number of piperazine rings is 1. The quantitative estimate of drug-likeness (QED) is 0.628. The summed E-state index contributed by atoms with van der Waals surface area (Å²) < 4.78 is 10.6. The molecule has 0 bridgehead atoms. The van der Waals surface area contributed by atoms with Gasteiger partial charge in [0.15, 0.2) is 0 Å². The zero-order chi connectivity index (χ0) is 15.7. The molecule has 1 rings (SSSR count). The average Bonchev–Trinajstić information content (AvgIpc) is 2.42. The Morgan fingerprint density at radius 3 is 2.52 bits per heavy atom. The second-order valence-corrected chi connectivity index (χ2v) is 7.00. The molecule has 4 nitrogen and oxygen atoms in total. The van der Waals surface area contributed by atoms with Gasteiger partial charge in [-0.1, -0.05) is 27.7 Å². The van der Waals surface area contributed by atoms with E-state index >= 15 is 0 Å². The molecule has 1 heterocycles. The lowest BCUT2D eigenvalue weighted by atomic mass is 9.95. The first kappa shape index (κ1) is 18.9. The third-order valence-corrected chi connectivity index (χ3v) is 4.23. The van der Waals surface area contributed by atoms with E-state index in [1.807, 2.05) is 0 Å². The highest BCUT2D eigenvalue weighted by atomic mass is 16.5. The van der Waals surface area contributed by atoms with Crippen LogP contribution in [0.2, 0.25) is 0 Å². The molecule has 21 heavy (non-hydrogen) atoms. The number of hydrogen-bond acceptors (Lipinski definition) is 4. The molecule has 1 aliphatic heterocycles. The van der Waals surface area contributed by atoms with E-state index in [0.29, 0.717) is 31.2 Å². The summed E-state index contributed by atoms with van der Waals surface area (Å²) in [7, 11) is 1.71. The van der Waals surface area contributed by atoms with E-state index in [9.17, 15) is 0 Å². The van der Waals surface area contributed by atoms with E-state index in [2.05, 4.69) is 37.9 Å². The Kier molecular flexibility index (Phi) is 9.49. The van der Waals surface area contributed by atoms with Crippen molar-refractivity contribution >= 4 is 0 Å². The molecular formula is C17H36N2O2. The van der Waals surface area contributed by atoms with Crippen molar-refractivity contribution in [3.05, 3.63) is 0 Å². The fourth-order valence-electron chi connectivity index (χ4n) is 3.15. The number of rotatable bonds is 10. The summed E-state index contributed by atoms with van der Waals surface area (Å²) in [5, 5.41) is 3.74. The van der Waals surface area contributed by atoms with Gasteiger partial charge in [0.05, 0.1) is 13.2 Å². The van der Waals surface area contributed by atoms with E-state index in [-0.39, 0.29) is 0 Å². The molecule has 0 spiro atoms. The molecule has 0 saturated carbocycles. The molecule has 0 amide bonds. The Morgan fingerprint density at radius 2 is 1.90 bits per heavy atom. The first-order valence-corrected chi connectivity index (χ1v) is 8.58. The Bertz CT molecular complexity index is 259. The van der Waals surface area contributed by atoms with Gasteiger partial charge in [0.1, 0.15) is 0 Å². The normalized spacial score (nSPS) is 24.1. The molecule has 1 saturated heterocycles. The van der Waals surface area contributed by atoms with Crippen LogP contribution in [0, 0.1) is 11.8 Å². The third kappa shape index (κ3) is 7.59. The summed E-state index contributed by atoms with van der Waals surface area (Å²) in [6.07, 6.45) is 2.38. The Balaban J connectivity index is 2.33. The van der Waals surface area contributed by atoms with Crippen molar-refractivity contribution in [1.82, 2.24) is 10.2 Å². The molecule has 2 unspecified atom stereocenters. The lowest BCUT2D eigenvalue weighted by molar-refractivity contribution is 0.0506. The molecular weight excluding hydrogens is 264 g/mol. The van der Waals surface area contributed by atoms with Crippen LogP contribution in [0.3, 0.4) is 0 Å². The van der Waals surface area contributed by atoms with Crippen LogP contribution in [0.25, 0.3) is 0 Å². The van der Waals surface area contributed by atoms with Gasteiger partial charge in [0.25, 0.3) is 0 Å². The Morgan fingerprint density at radius 1 is 1.14 bits per heavy atom. The first-order chi connectivity index (χ1) is 10.0. The molecule has 1 N–H and O–H groups in total. The van der Waals surface area contributed by atoms with Crippen LogP contribution in [-0.4, -0.2) is 63.5 Å². The zero-order valence-corrected chi connectivity index (χ0v) is 14.7. The lowest BCUT2D eigenvalue weighted by Crippen LogP contribution is -2.58. The van der Waals surface area contributed by atoms with Gasteiger partial charge in [-0.05, 0) is 24.7 Å². The Hall–Kier alpha value is -0.160. The maximum atomic E-state index is 5.58. The summed E-state index contributed by atoms with van der Waals surface area (Å²) in [6.45, 7) is 15.0. The number of methoxy groups -OCH3 is 1. The van der Waals surface area contributed by atoms with Crippen molar-refractivity contribution in [3.8, 4) is 0 Å². The van der Waals surface area contributed by atoms with Gasteiger partial charge in [-0.15, -0.1) is 0 Å². The van der Waals surface area contributed by atoms with Gasteiger partial charge in [0.2, 0.25) is 0 Å². The monoisotopic (exact) mass is 300 g/mol. The second-order valence-electron chi connectivity index (χ2n) is 7.00. The number of ether oxygens (including phenoxy) is 2. The third-order valence-electron chi connectivity index (χ3n) is 4.23. The van der Waals surface area contributed by atoms with Crippen LogP contribution in [-0.2, 0) is 9.47 Å². The van der Waals surface area contributed by atoms with Crippen molar-refractivity contribution < 1.29 is 9.47 Å². The fourth-order valence-corrected chi connectivity index (χ4v) is 3.15. The number of hydrogen-bond donors (Lipinski definition) is 1. The maximum absolute atomic E-state index is 5.58. The highest BCUT2D eigenvalue weighted by molar-refractivity contribution is 4.88. The maximum Gasteiger partial charge on any atom is 0.0700 e. The molecule has 1 aliphatic rings. The highest BCUT2D eigenvalue weighted by Crippen LogP contribution is 2.18. The molecule has 4 heteroatoms. The minimum absolute atomic E-state index is 0.648. The topological polar surface area (TPSA) is 33.7 Å². The molecule has 2 atom stereocenters. The summed E-state index contributed by atoms with van der Waals surface area (Å²) in [6, 6.07) is 1.31. The van der Waals surface area contributed by atoms with E-state index in [1.165, 1.54) is 13.0 Å². The highest BCUT2D eigenvalue weighted by Gasteiger charge is 2.29. The molecule has 1 fully saturated rings. The van der Waals surface area contributed by atoms with Gasteiger partial charge in [-0.2, -0.15) is 0 Å². The van der Waals surface area contributed by atoms with Crippen molar-refractivity contribution in [2.45, 2.75) is 52.6 Å². The van der Waals surface area contributed by atoms with E-state index in [0.717, 1.165) is 32.0 Å². The van der Waals surface area contributed by atoms with E-state index < -0.39 is 0 Å². The number of nitrogens with one attached hydrogen (secondary N) is 1. The SMILES string of the molecule is COCCOCCCN1CC(CC(C)C)NCC1C(C)C. The molecule has 0 aromatic carbocycles. The van der Waals surface area contributed by atoms with Crippen molar-refractivity contribution in [3.63, 3.8) is 0 Å². The van der Waals surface area contributed by atoms with Gasteiger partial charge in [-0.3, -0.25) is 4.90 Å². The first-order valence-electron chi connectivity index (χ1n) is 8.58. The van der Waals surface area contributed by atoms with Crippen LogP contribution in [0.1, 0.15) is 40.5 Å². The van der Waals surface area contributed by atoms with Gasteiger partial charge in [0, 0.05) is 45.4 Å². The van der Waals surface area contributed by atoms with Crippen molar-refractivity contribution in [2.75, 3.05) is 46.6 Å². The van der Waals surface area contributed by atoms with Crippen LogP contribution in [0.4, 0.5) is 0 Å². The summed E-state index contributed by atoms with van der Waals surface area (Å²) in [5.74, 6) is 1.46. The van der Waals surface area contributed by atoms with Crippen LogP contribution < -0.4 is 5.32 Å². The largest absolute Gasteiger partial charge is 0.382 e.